The smallest absolute Gasteiger partial charge is 0.0143 e. The van der Waals surface area contributed by atoms with Crippen LogP contribution in [-0.2, 0) is 5.41 Å². The molecule has 2 rings (SSSR count). The Bertz CT molecular complexity index is 419. The third-order valence-corrected chi connectivity index (χ3v) is 3.23. The largest absolute Gasteiger partial charge is 0.0804 e. The zero-order chi connectivity index (χ0) is 10.9. The quantitative estimate of drug-likeness (QED) is 0.669. The molecule has 0 unspecified atom stereocenters. The number of rotatable bonds is 2. The van der Waals surface area contributed by atoms with Crippen LogP contribution < -0.4 is 0 Å². The summed E-state index contributed by atoms with van der Waals surface area (Å²) >= 11 is 0. The predicted molar refractivity (Wildman–Crippen MR) is 66.0 cm³/mol. The molecule has 0 aromatic heterocycles. The Morgan fingerprint density at radius 2 is 2.00 bits per heavy atom. The summed E-state index contributed by atoms with van der Waals surface area (Å²) in [6.07, 6.45) is 7.89. The Balaban J connectivity index is 2.40. The Kier molecular flexibility index (Phi) is 2.52. The molecular formula is C15H18. The molecule has 0 saturated heterocycles. The lowest BCUT2D eigenvalue weighted by Crippen LogP contribution is -2.18. The van der Waals surface area contributed by atoms with E-state index in [0.29, 0.717) is 0 Å². The summed E-state index contributed by atoms with van der Waals surface area (Å²) in [5.41, 5.74) is 4.32. The average Bonchev–Trinajstić information content (AvgIpc) is 2.71. The van der Waals surface area contributed by atoms with Gasteiger partial charge in [-0.15, -0.1) is 0 Å². The first-order chi connectivity index (χ1) is 7.10. The van der Waals surface area contributed by atoms with Crippen molar-refractivity contribution in [2.24, 2.45) is 0 Å². The molecular weight excluding hydrogens is 180 g/mol. The van der Waals surface area contributed by atoms with Crippen LogP contribution in [-0.4, -0.2) is 0 Å². The maximum Gasteiger partial charge on any atom is 0.0143 e. The summed E-state index contributed by atoms with van der Waals surface area (Å²) in [6, 6.07) is 8.80. The first kappa shape index (κ1) is 10.2. The van der Waals surface area contributed by atoms with Crippen molar-refractivity contribution in [2.75, 3.05) is 0 Å². The molecule has 1 aliphatic rings. The Morgan fingerprint density at radius 3 is 2.60 bits per heavy atom. The van der Waals surface area contributed by atoms with Gasteiger partial charge in [0.2, 0.25) is 0 Å². The molecule has 1 aliphatic carbocycles. The second-order valence-corrected chi connectivity index (χ2v) is 4.79. The molecule has 0 aliphatic heterocycles. The standard InChI is InChI=1S/C15H18/c1-12-7-6-10-14(11-12)15(2,3)13-8-4-5-9-13/h4,6-11H,5H2,1-3H3. The van der Waals surface area contributed by atoms with Gasteiger partial charge >= 0.3 is 0 Å². The number of aryl methyl sites for hydroxylation is 1. The fourth-order valence-electron chi connectivity index (χ4n) is 2.12. The van der Waals surface area contributed by atoms with Crippen molar-refractivity contribution in [1.82, 2.24) is 0 Å². The van der Waals surface area contributed by atoms with Crippen molar-refractivity contribution in [2.45, 2.75) is 32.6 Å². The molecule has 0 N–H and O–H groups in total. The van der Waals surface area contributed by atoms with Crippen molar-refractivity contribution in [1.29, 1.82) is 0 Å². The zero-order valence-corrected chi connectivity index (χ0v) is 9.75. The second-order valence-electron chi connectivity index (χ2n) is 4.79. The monoisotopic (exact) mass is 198 g/mol. The fraction of sp³-hybridized carbons (Fsp3) is 0.333. The lowest BCUT2D eigenvalue weighted by molar-refractivity contribution is 0.639. The zero-order valence-electron chi connectivity index (χ0n) is 9.75. The summed E-state index contributed by atoms with van der Waals surface area (Å²) in [5, 5.41) is 0. The molecule has 1 aromatic carbocycles. The molecule has 0 atom stereocenters. The van der Waals surface area contributed by atoms with Gasteiger partial charge < -0.3 is 0 Å². The highest BCUT2D eigenvalue weighted by Crippen LogP contribution is 2.34. The van der Waals surface area contributed by atoms with Gasteiger partial charge in [-0.1, -0.05) is 61.9 Å². The Hall–Kier alpha value is -1.30. The van der Waals surface area contributed by atoms with Crippen molar-refractivity contribution in [3.63, 3.8) is 0 Å². The molecule has 1 aromatic rings. The number of benzene rings is 1. The molecule has 0 heterocycles. The minimum absolute atomic E-state index is 0.138. The van der Waals surface area contributed by atoms with Crippen LogP contribution in [0.2, 0.25) is 0 Å². The first-order valence-corrected chi connectivity index (χ1v) is 5.55. The minimum Gasteiger partial charge on any atom is -0.0804 e. The van der Waals surface area contributed by atoms with E-state index < -0.39 is 0 Å². The van der Waals surface area contributed by atoms with Gasteiger partial charge in [-0.3, -0.25) is 0 Å². The molecule has 0 radical (unpaired) electrons. The van der Waals surface area contributed by atoms with E-state index in [-0.39, 0.29) is 5.41 Å². The van der Waals surface area contributed by atoms with Crippen LogP contribution in [0.25, 0.3) is 0 Å². The number of hydrogen-bond donors (Lipinski definition) is 0. The van der Waals surface area contributed by atoms with Crippen molar-refractivity contribution in [3.8, 4) is 0 Å². The molecule has 0 spiro atoms. The SMILES string of the molecule is Cc1cccc(C(C)(C)C2=CCC=C2)c1. The van der Waals surface area contributed by atoms with Gasteiger partial charge in [0.15, 0.2) is 0 Å². The Morgan fingerprint density at radius 1 is 1.20 bits per heavy atom. The molecule has 0 bridgehead atoms. The van der Waals surface area contributed by atoms with Gasteiger partial charge in [-0.2, -0.15) is 0 Å². The number of allylic oxidation sites excluding steroid dienone is 4. The minimum atomic E-state index is 0.138. The van der Waals surface area contributed by atoms with Crippen LogP contribution >= 0.6 is 0 Å². The van der Waals surface area contributed by atoms with Gasteiger partial charge in [0.1, 0.15) is 0 Å². The van der Waals surface area contributed by atoms with E-state index in [9.17, 15) is 0 Å². The van der Waals surface area contributed by atoms with Crippen molar-refractivity contribution in [3.05, 3.63) is 59.2 Å². The summed E-state index contributed by atoms with van der Waals surface area (Å²) in [5.74, 6) is 0. The number of hydrogen-bond acceptors (Lipinski definition) is 0. The van der Waals surface area contributed by atoms with E-state index >= 15 is 0 Å². The van der Waals surface area contributed by atoms with E-state index in [1.54, 1.807) is 0 Å². The second kappa shape index (κ2) is 3.69. The highest BCUT2D eigenvalue weighted by Gasteiger charge is 2.24. The van der Waals surface area contributed by atoms with E-state index in [1.807, 2.05) is 0 Å². The highest BCUT2D eigenvalue weighted by atomic mass is 14.3. The molecule has 15 heavy (non-hydrogen) atoms. The summed E-state index contributed by atoms with van der Waals surface area (Å²) < 4.78 is 0. The summed E-state index contributed by atoms with van der Waals surface area (Å²) in [4.78, 5) is 0. The third kappa shape index (κ3) is 1.90. The van der Waals surface area contributed by atoms with Crippen molar-refractivity contribution < 1.29 is 0 Å². The maximum absolute atomic E-state index is 2.32. The highest BCUT2D eigenvalue weighted by molar-refractivity contribution is 5.43. The third-order valence-electron chi connectivity index (χ3n) is 3.23. The van der Waals surface area contributed by atoms with Gasteiger partial charge in [-0.05, 0) is 24.5 Å². The lowest BCUT2D eigenvalue weighted by atomic mass is 9.77. The van der Waals surface area contributed by atoms with E-state index in [4.69, 9.17) is 0 Å². The van der Waals surface area contributed by atoms with Crippen molar-refractivity contribution >= 4 is 0 Å². The molecule has 0 amide bonds. The molecule has 0 saturated carbocycles. The summed E-state index contributed by atoms with van der Waals surface area (Å²) in [7, 11) is 0. The maximum atomic E-state index is 2.32. The topological polar surface area (TPSA) is 0 Å². The van der Waals surface area contributed by atoms with Crippen LogP contribution in [0.15, 0.2) is 48.1 Å². The van der Waals surface area contributed by atoms with Crippen LogP contribution in [0.4, 0.5) is 0 Å². The summed E-state index contributed by atoms with van der Waals surface area (Å²) in [6.45, 7) is 6.74. The van der Waals surface area contributed by atoms with Crippen LogP contribution in [0.5, 0.6) is 0 Å². The lowest BCUT2D eigenvalue weighted by Gasteiger charge is -2.26. The van der Waals surface area contributed by atoms with E-state index in [1.165, 1.54) is 16.7 Å². The normalized spacial score (nSPS) is 15.5. The van der Waals surface area contributed by atoms with Gasteiger partial charge in [0.05, 0.1) is 0 Å². The average molecular weight is 198 g/mol. The predicted octanol–water partition coefficient (Wildman–Crippen LogP) is 4.16. The Labute approximate surface area is 92.3 Å². The van der Waals surface area contributed by atoms with E-state index in [0.717, 1.165) is 6.42 Å². The molecule has 0 nitrogen and oxygen atoms in total. The van der Waals surface area contributed by atoms with E-state index in [2.05, 4.69) is 63.3 Å². The van der Waals surface area contributed by atoms with Crippen LogP contribution in [0.1, 0.15) is 31.4 Å². The van der Waals surface area contributed by atoms with Crippen LogP contribution in [0.3, 0.4) is 0 Å². The van der Waals surface area contributed by atoms with Gasteiger partial charge in [-0.25, -0.2) is 0 Å². The molecule has 78 valence electrons. The first-order valence-electron chi connectivity index (χ1n) is 5.55. The van der Waals surface area contributed by atoms with Gasteiger partial charge in [0, 0.05) is 5.41 Å². The van der Waals surface area contributed by atoms with Crippen LogP contribution in [0, 0.1) is 6.92 Å². The molecule has 0 heteroatoms. The fourth-order valence-corrected chi connectivity index (χ4v) is 2.12. The van der Waals surface area contributed by atoms with Gasteiger partial charge in [0.25, 0.3) is 0 Å². The molecule has 0 fully saturated rings.